The van der Waals surface area contributed by atoms with Crippen molar-refractivity contribution in [1.82, 2.24) is 4.90 Å². The average Bonchev–Trinajstić information content (AvgIpc) is 2.38. The summed E-state index contributed by atoms with van der Waals surface area (Å²) < 4.78 is 0. The van der Waals surface area contributed by atoms with Gasteiger partial charge in [0.1, 0.15) is 0 Å². The first-order valence-electron chi connectivity index (χ1n) is 7.67. The van der Waals surface area contributed by atoms with E-state index in [1.807, 2.05) is 0 Å². The standard InChI is InChI=1S/C17H27NO/c1-12(2)15-8-10-16(11-9-15)17(19)18-13(3)6-5-7-14(18)4/h10,13-15H,1,5-9,11H2,2-4H3. The molecule has 1 aliphatic carbocycles. The van der Waals surface area contributed by atoms with Gasteiger partial charge in [0.25, 0.3) is 0 Å². The molecule has 1 aliphatic heterocycles. The number of hydrogen-bond acceptors (Lipinski definition) is 1. The van der Waals surface area contributed by atoms with E-state index in [2.05, 4.69) is 38.3 Å². The second-order valence-electron chi connectivity index (χ2n) is 6.39. The minimum atomic E-state index is 0.292. The molecular formula is C17H27NO. The minimum Gasteiger partial charge on any atom is -0.334 e. The van der Waals surface area contributed by atoms with Crippen molar-refractivity contribution in [3.63, 3.8) is 0 Å². The summed E-state index contributed by atoms with van der Waals surface area (Å²) in [7, 11) is 0. The van der Waals surface area contributed by atoms with Crippen molar-refractivity contribution in [3.05, 3.63) is 23.8 Å². The van der Waals surface area contributed by atoms with Crippen LogP contribution in [-0.2, 0) is 4.79 Å². The van der Waals surface area contributed by atoms with Crippen LogP contribution in [0.25, 0.3) is 0 Å². The van der Waals surface area contributed by atoms with Gasteiger partial charge in [0.2, 0.25) is 5.91 Å². The predicted molar refractivity (Wildman–Crippen MR) is 79.9 cm³/mol. The van der Waals surface area contributed by atoms with Crippen LogP contribution in [0.2, 0.25) is 0 Å². The molecule has 2 aliphatic rings. The topological polar surface area (TPSA) is 20.3 Å². The fraction of sp³-hybridized carbons (Fsp3) is 0.706. The van der Waals surface area contributed by atoms with Crippen LogP contribution in [0.5, 0.6) is 0 Å². The first kappa shape index (κ1) is 14.4. The summed E-state index contributed by atoms with van der Waals surface area (Å²) in [6.07, 6.45) is 8.72. The Morgan fingerprint density at radius 2 is 1.89 bits per heavy atom. The van der Waals surface area contributed by atoms with Gasteiger partial charge in [0.05, 0.1) is 0 Å². The fourth-order valence-electron chi connectivity index (χ4n) is 3.46. The molecule has 106 valence electrons. The number of amides is 1. The fourth-order valence-corrected chi connectivity index (χ4v) is 3.46. The number of carbonyl (C=O) groups is 1. The number of hydrogen-bond donors (Lipinski definition) is 0. The van der Waals surface area contributed by atoms with E-state index in [4.69, 9.17) is 0 Å². The molecule has 0 radical (unpaired) electrons. The van der Waals surface area contributed by atoms with Crippen LogP contribution >= 0.6 is 0 Å². The van der Waals surface area contributed by atoms with Gasteiger partial charge in [0, 0.05) is 17.7 Å². The van der Waals surface area contributed by atoms with Gasteiger partial charge in [-0.1, -0.05) is 18.2 Å². The maximum Gasteiger partial charge on any atom is 0.249 e. The highest BCUT2D eigenvalue weighted by Gasteiger charge is 2.31. The van der Waals surface area contributed by atoms with Crippen LogP contribution in [-0.4, -0.2) is 22.9 Å². The normalized spacial score (nSPS) is 31.8. The molecule has 0 saturated carbocycles. The van der Waals surface area contributed by atoms with Crippen molar-refractivity contribution >= 4 is 5.91 Å². The van der Waals surface area contributed by atoms with Gasteiger partial charge in [-0.3, -0.25) is 4.79 Å². The lowest BCUT2D eigenvalue weighted by atomic mass is 9.84. The summed E-state index contributed by atoms with van der Waals surface area (Å²) in [4.78, 5) is 14.8. The number of piperidine rings is 1. The smallest absolute Gasteiger partial charge is 0.249 e. The van der Waals surface area contributed by atoms with E-state index in [1.165, 1.54) is 12.0 Å². The van der Waals surface area contributed by atoms with Crippen LogP contribution in [0.15, 0.2) is 23.8 Å². The zero-order valence-electron chi connectivity index (χ0n) is 12.6. The molecule has 3 unspecified atom stereocenters. The zero-order valence-corrected chi connectivity index (χ0v) is 12.6. The highest BCUT2D eigenvalue weighted by atomic mass is 16.2. The monoisotopic (exact) mass is 261 g/mol. The lowest BCUT2D eigenvalue weighted by molar-refractivity contribution is -0.133. The molecule has 2 rings (SSSR count). The van der Waals surface area contributed by atoms with Crippen LogP contribution in [0.4, 0.5) is 0 Å². The van der Waals surface area contributed by atoms with Crippen LogP contribution in [0, 0.1) is 5.92 Å². The van der Waals surface area contributed by atoms with Gasteiger partial charge >= 0.3 is 0 Å². The molecular weight excluding hydrogens is 234 g/mol. The SMILES string of the molecule is C=C(C)C1CC=C(C(=O)N2C(C)CCCC2C)CC1. The molecule has 0 N–H and O–H groups in total. The van der Waals surface area contributed by atoms with E-state index in [0.717, 1.165) is 37.7 Å². The Labute approximate surface area is 117 Å². The molecule has 1 heterocycles. The summed E-state index contributed by atoms with van der Waals surface area (Å²) in [6.45, 7) is 10.5. The predicted octanol–water partition coefficient (Wildman–Crippen LogP) is 4.08. The third-order valence-electron chi connectivity index (χ3n) is 4.81. The molecule has 0 aromatic rings. The van der Waals surface area contributed by atoms with Crippen molar-refractivity contribution in [1.29, 1.82) is 0 Å². The number of carbonyl (C=O) groups excluding carboxylic acids is 1. The number of nitrogens with zero attached hydrogens (tertiary/aromatic N) is 1. The maximum atomic E-state index is 12.7. The van der Waals surface area contributed by atoms with E-state index in [1.54, 1.807) is 0 Å². The third-order valence-corrected chi connectivity index (χ3v) is 4.81. The Kier molecular flexibility index (Phi) is 4.49. The summed E-state index contributed by atoms with van der Waals surface area (Å²) in [5.41, 5.74) is 2.29. The number of rotatable bonds is 2. The second-order valence-corrected chi connectivity index (χ2v) is 6.39. The largest absolute Gasteiger partial charge is 0.334 e. The van der Waals surface area contributed by atoms with Crippen molar-refractivity contribution in [2.75, 3.05) is 0 Å². The Balaban J connectivity index is 2.05. The van der Waals surface area contributed by atoms with Crippen LogP contribution in [0.3, 0.4) is 0 Å². The third kappa shape index (κ3) is 3.10. The minimum absolute atomic E-state index is 0.292. The highest BCUT2D eigenvalue weighted by Crippen LogP contribution is 2.31. The van der Waals surface area contributed by atoms with Gasteiger partial charge in [0.15, 0.2) is 0 Å². The summed E-state index contributed by atoms with van der Waals surface area (Å²) in [6, 6.07) is 0.798. The summed E-state index contributed by atoms with van der Waals surface area (Å²) >= 11 is 0. The van der Waals surface area contributed by atoms with Crippen molar-refractivity contribution in [2.24, 2.45) is 5.92 Å². The lowest BCUT2D eigenvalue weighted by Crippen LogP contribution is -2.48. The molecule has 2 heteroatoms. The highest BCUT2D eigenvalue weighted by molar-refractivity contribution is 5.94. The molecule has 0 spiro atoms. The van der Waals surface area contributed by atoms with E-state index < -0.39 is 0 Å². The van der Waals surface area contributed by atoms with Gasteiger partial charge < -0.3 is 4.90 Å². The van der Waals surface area contributed by atoms with Crippen LogP contribution in [0.1, 0.15) is 59.3 Å². The van der Waals surface area contributed by atoms with E-state index in [0.29, 0.717) is 23.9 Å². The molecule has 2 nitrogen and oxygen atoms in total. The summed E-state index contributed by atoms with van der Waals surface area (Å²) in [5, 5.41) is 0. The molecule has 3 atom stereocenters. The molecule has 0 bridgehead atoms. The van der Waals surface area contributed by atoms with Crippen molar-refractivity contribution in [3.8, 4) is 0 Å². The van der Waals surface area contributed by atoms with Gasteiger partial charge in [-0.2, -0.15) is 0 Å². The number of allylic oxidation sites excluding steroid dienone is 2. The van der Waals surface area contributed by atoms with Gasteiger partial charge in [-0.25, -0.2) is 0 Å². The maximum absolute atomic E-state index is 12.7. The zero-order chi connectivity index (χ0) is 14.0. The molecule has 1 fully saturated rings. The van der Waals surface area contributed by atoms with Gasteiger partial charge in [-0.05, 0) is 65.2 Å². The first-order chi connectivity index (χ1) is 9.00. The van der Waals surface area contributed by atoms with E-state index in [-0.39, 0.29) is 0 Å². The Morgan fingerprint density at radius 3 is 2.37 bits per heavy atom. The Bertz CT molecular complexity index is 386. The van der Waals surface area contributed by atoms with Crippen LogP contribution < -0.4 is 0 Å². The lowest BCUT2D eigenvalue weighted by Gasteiger charge is -2.40. The Hall–Kier alpha value is -1.05. The summed E-state index contributed by atoms with van der Waals surface area (Å²) in [5.74, 6) is 0.868. The van der Waals surface area contributed by atoms with E-state index in [9.17, 15) is 4.79 Å². The molecule has 1 saturated heterocycles. The van der Waals surface area contributed by atoms with E-state index >= 15 is 0 Å². The molecule has 0 aromatic heterocycles. The number of likely N-dealkylation sites (tertiary alicyclic amines) is 1. The quantitative estimate of drug-likeness (QED) is 0.686. The molecule has 1 amide bonds. The molecule has 19 heavy (non-hydrogen) atoms. The van der Waals surface area contributed by atoms with Crippen molar-refractivity contribution in [2.45, 2.75) is 71.4 Å². The van der Waals surface area contributed by atoms with Gasteiger partial charge in [-0.15, -0.1) is 0 Å². The average molecular weight is 261 g/mol. The van der Waals surface area contributed by atoms with Crippen molar-refractivity contribution < 1.29 is 4.79 Å². The second kappa shape index (κ2) is 5.94. The molecule has 0 aromatic carbocycles. The first-order valence-corrected chi connectivity index (χ1v) is 7.67. The Morgan fingerprint density at radius 1 is 1.26 bits per heavy atom.